The third kappa shape index (κ3) is 1.72. The van der Waals surface area contributed by atoms with Crippen LogP contribution in [-0.2, 0) is 4.79 Å². The normalized spacial score (nSPS) is 21.2. The summed E-state index contributed by atoms with van der Waals surface area (Å²) in [5.41, 5.74) is 10.4. The van der Waals surface area contributed by atoms with E-state index in [-0.39, 0.29) is 6.54 Å². The summed E-state index contributed by atoms with van der Waals surface area (Å²) in [4.78, 5) is 34.1. The van der Waals surface area contributed by atoms with Crippen LogP contribution in [0.1, 0.15) is 0 Å². The summed E-state index contributed by atoms with van der Waals surface area (Å²) in [5.74, 6) is 0. The molecule has 0 aromatic heterocycles. The molecule has 1 atom stereocenters. The molecule has 4 amide bonds. The molecule has 0 spiro atoms. The standard InChI is InChI=1S/C7H10N4O3/c8-5-1-2-10(3-4-12)7(14)11(5)6(9)13/h1-2,4-5H,3,8H2,(H2,9,13). The van der Waals surface area contributed by atoms with Gasteiger partial charge in [0.25, 0.3) is 0 Å². The Labute approximate surface area is 79.9 Å². The molecular formula is C7H10N4O3. The third-order valence-corrected chi connectivity index (χ3v) is 1.72. The minimum Gasteiger partial charge on any atom is -0.351 e. The number of rotatable bonds is 2. The number of nitrogens with two attached hydrogens (primary N) is 2. The zero-order valence-electron chi connectivity index (χ0n) is 7.29. The molecule has 0 bridgehead atoms. The average Bonchev–Trinajstić information content (AvgIpc) is 2.10. The topological polar surface area (TPSA) is 110 Å². The van der Waals surface area contributed by atoms with E-state index in [9.17, 15) is 14.4 Å². The molecule has 4 N–H and O–H groups in total. The highest BCUT2D eigenvalue weighted by Crippen LogP contribution is 2.09. The number of nitrogens with zero attached hydrogens (tertiary/aromatic N) is 2. The first-order chi connectivity index (χ1) is 6.57. The van der Waals surface area contributed by atoms with E-state index in [2.05, 4.69) is 0 Å². The molecule has 0 aromatic carbocycles. The van der Waals surface area contributed by atoms with Gasteiger partial charge in [0.1, 0.15) is 12.5 Å². The van der Waals surface area contributed by atoms with Crippen molar-refractivity contribution in [2.24, 2.45) is 11.5 Å². The fourth-order valence-corrected chi connectivity index (χ4v) is 1.07. The first-order valence-electron chi connectivity index (χ1n) is 3.84. The van der Waals surface area contributed by atoms with Gasteiger partial charge in [-0.05, 0) is 6.08 Å². The number of hydrogen-bond acceptors (Lipinski definition) is 4. The molecule has 0 aromatic rings. The van der Waals surface area contributed by atoms with E-state index in [1.165, 1.54) is 12.3 Å². The number of hydrogen-bond donors (Lipinski definition) is 2. The van der Waals surface area contributed by atoms with Crippen LogP contribution in [0.15, 0.2) is 12.3 Å². The molecule has 0 saturated heterocycles. The minimum absolute atomic E-state index is 0.133. The van der Waals surface area contributed by atoms with Crippen LogP contribution in [0.2, 0.25) is 0 Å². The molecule has 7 heteroatoms. The van der Waals surface area contributed by atoms with E-state index in [4.69, 9.17) is 11.5 Å². The van der Waals surface area contributed by atoms with Crippen LogP contribution in [0.3, 0.4) is 0 Å². The number of imide groups is 1. The monoisotopic (exact) mass is 198 g/mol. The van der Waals surface area contributed by atoms with Crippen LogP contribution in [0.5, 0.6) is 0 Å². The maximum Gasteiger partial charge on any atom is 0.334 e. The summed E-state index contributed by atoms with van der Waals surface area (Å²) in [6.45, 7) is -0.133. The quantitative estimate of drug-likeness (QED) is 0.543. The van der Waals surface area contributed by atoms with Gasteiger partial charge in [-0.2, -0.15) is 0 Å². The molecule has 1 rings (SSSR count). The van der Waals surface area contributed by atoms with Crippen molar-refractivity contribution in [3.63, 3.8) is 0 Å². The number of carbonyl (C=O) groups excluding carboxylic acids is 3. The predicted octanol–water partition coefficient (Wildman–Crippen LogP) is -1.20. The lowest BCUT2D eigenvalue weighted by molar-refractivity contribution is -0.108. The highest BCUT2D eigenvalue weighted by atomic mass is 16.2. The van der Waals surface area contributed by atoms with Gasteiger partial charge in [-0.15, -0.1) is 0 Å². The Balaban J connectivity index is 2.89. The van der Waals surface area contributed by atoms with Crippen molar-refractivity contribution in [1.29, 1.82) is 0 Å². The first-order valence-corrected chi connectivity index (χ1v) is 3.84. The van der Waals surface area contributed by atoms with Gasteiger partial charge in [0, 0.05) is 6.20 Å². The molecule has 1 aliphatic rings. The molecule has 0 radical (unpaired) electrons. The SMILES string of the molecule is NC(=O)N1C(=O)N(CC=O)C=CC1N. The van der Waals surface area contributed by atoms with Crippen molar-refractivity contribution in [3.05, 3.63) is 12.3 Å². The second kappa shape index (κ2) is 3.88. The Bertz CT molecular complexity index is 301. The average molecular weight is 198 g/mol. The number of urea groups is 2. The van der Waals surface area contributed by atoms with Crippen molar-refractivity contribution in [2.45, 2.75) is 6.17 Å². The molecule has 1 heterocycles. The van der Waals surface area contributed by atoms with E-state index in [1.54, 1.807) is 0 Å². The highest BCUT2D eigenvalue weighted by molar-refractivity contribution is 5.95. The Morgan fingerprint density at radius 2 is 2.29 bits per heavy atom. The van der Waals surface area contributed by atoms with Crippen LogP contribution in [0.25, 0.3) is 0 Å². The van der Waals surface area contributed by atoms with Crippen LogP contribution in [0.4, 0.5) is 9.59 Å². The van der Waals surface area contributed by atoms with Crippen LogP contribution in [0, 0.1) is 0 Å². The number of carbonyl (C=O) groups is 3. The summed E-state index contributed by atoms with van der Waals surface area (Å²) in [5, 5.41) is 0. The third-order valence-electron chi connectivity index (χ3n) is 1.72. The largest absolute Gasteiger partial charge is 0.351 e. The van der Waals surface area contributed by atoms with E-state index in [0.717, 1.165) is 4.90 Å². The maximum absolute atomic E-state index is 11.4. The Hall–Kier alpha value is -1.89. The smallest absolute Gasteiger partial charge is 0.334 e. The number of primary amides is 1. The summed E-state index contributed by atoms with van der Waals surface area (Å²) < 4.78 is 0. The van der Waals surface area contributed by atoms with Crippen molar-refractivity contribution in [2.75, 3.05) is 6.54 Å². The molecule has 0 fully saturated rings. The lowest BCUT2D eigenvalue weighted by Gasteiger charge is -2.31. The fourth-order valence-electron chi connectivity index (χ4n) is 1.07. The van der Waals surface area contributed by atoms with Gasteiger partial charge in [-0.25, -0.2) is 14.5 Å². The molecule has 1 unspecified atom stereocenters. The van der Waals surface area contributed by atoms with E-state index in [0.29, 0.717) is 11.2 Å². The van der Waals surface area contributed by atoms with E-state index >= 15 is 0 Å². The van der Waals surface area contributed by atoms with Crippen LogP contribution >= 0.6 is 0 Å². The zero-order valence-corrected chi connectivity index (χ0v) is 7.29. The lowest BCUT2D eigenvalue weighted by Crippen LogP contribution is -2.57. The van der Waals surface area contributed by atoms with Crippen LogP contribution in [-0.4, -0.2) is 40.9 Å². The summed E-state index contributed by atoms with van der Waals surface area (Å²) in [7, 11) is 0. The van der Waals surface area contributed by atoms with Crippen molar-refractivity contribution in [1.82, 2.24) is 9.80 Å². The molecule has 0 aliphatic carbocycles. The van der Waals surface area contributed by atoms with E-state index < -0.39 is 18.2 Å². The highest BCUT2D eigenvalue weighted by Gasteiger charge is 2.30. The number of amides is 4. The summed E-state index contributed by atoms with van der Waals surface area (Å²) in [6, 6.07) is -1.64. The summed E-state index contributed by atoms with van der Waals surface area (Å²) >= 11 is 0. The van der Waals surface area contributed by atoms with Gasteiger partial charge < -0.3 is 16.3 Å². The summed E-state index contributed by atoms with van der Waals surface area (Å²) in [6.07, 6.45) is 2.41. The minimum atomic E-state index is -0.942. The molecule has 7 nitrogen and oxygen atoms in total. The molecule has 0 saturated carbocycles. The van der Waals surface area contributed by atoms with Crippen molar-refractivity contribution < 1.29 is 14.4 Å². The van der Waals surface area contributed by atoms with Gasteiger partial charge in [-0.1, -0.05) is 0 Å². The van der Waals surface area contributed by atoms with Gasteiger partial charge >= 0.3 is 12.1 Å². The van der Waals surface area contributed by atoms with Gasteiger partial charge in [0.2, 0.25) is 0 Å². The molecular weight excluding hydrogens is 188 g/mol. The van der Waals surface area contributed by atoms with Gasteiger partial charge in [0.15, 0.2) is 0 Å². The lowest BCUT2D eigenvalue weighted by atomic mass is 10.3. The second-order valence-corrected chi connectivity index (χ2v) is 2.64. The predicted molar refractivity (Wildman–Crippen MR) is 46.7 cm³/mol. The van der Waals surface area contributed by atoms with Crippen LogP contribution < -0.4 is 11.5 Å². The van der Waals surface area contributed by atoms with Crippen molar-refractivity contribution in [3.8, 4) is 0 Å². The molecule has 14 heavy (non-hydrogen) atoms. The van der Waals surface area contributed by atoms with Crippen molar-refractivity contribution >= 4 is 18.3 Å². The maximum atomic E-state index is 11.4. The molecule has 76 valence electrons. The first kappa shape index (κ1) is 10.2. The Kier molecular flexibility index (Phi) is 2.82. The Morgan fingerprint density at radius 3 is 2.79 bits per heavy atom. The molecule has 1 aliphatic heterocycles. The van der Waals surface area contributed by atoms with Gasteiger partial charge in [0.05, 0.1) is 6.54 Å². The number of aldehydes is 1. The zero-order chi connectivity index (χ0) is 10.7. The second-order valence-electron chi connectivity index (χ2n) is 2.64. The fraction of sp³-hybridized carbons (Fsp3) is 0.286. The van der Waals surface area contributed by atoms with Gasteiger partial charge in [-0.3, -0.25) is 4.90 Å². The van der Waals surface area contributed by atoms with E-state index in [1.807, 2.05) is 0 Å². The Morgan fingerprint density at radius 1 is 1.64 bits per heavy atom.